The van der Waals surface area contributed by atoms with Gasteiger partial charge in [-0.25, -0.2) is 4.98 Å². The van der Waals surface area contributed by atoms with Crippen LogP contribution in [-0.2, 0) is 0 Å². The van der Waals surface area contributed by atoms with Gasteiger partial charge in [0.05, 0.1) is 4.92 Å². The molecule has 0 spiro atoms. The van der Waals surface area contributed by atoms with Crippen LogP contribution in [0.4, 0.5) is 17.5 Å². The molecule has 7 nitrogen and oxygen atoms in total. The van der Waals surface area contributed by atoms with E-state index in [1.54, 1.807) is 11.9 Å². The number of hydrogen-bond acceptors (Lipinski definition) is 6. The standard InChI is InChI=1S/C10H17N5O2/c1-6(2)7(3)14(4)9-8(15(16)17)5-12-10(11)13-9/h5-7H,1-4H3,(H2,11,12,13). The zero-order valence-electron chi connectivity index (χ0n) is 10.4. The van der Waals surface area contributed by atoms with Gasteiger partial charge in [-0.05, 0) is 12.8 Å². The third kappa shape index (κ3) is 2.80. The second kappa shape index (κ2) is 4.94. The highest BCUT2D eigenvalue weighted by molar-refractivity contribution is 5.58. The van der Waals surface area contributed by atoms with Crippen molar-refractivity contribution in [3.8, 4) is 0 Å². The van der Waals surface area contributed by atoms with Gasteiger partial charge in [0.15, 0.2) is 0 Å². The van der Waals surface area contributed by atoms with E-state index in [1.165, 1.54) is 0 Å². The number of aromatic nitrogens is 2. The Morgan fingerprint density at radius 3 is 2.53 bits per heavy atom. The van der Waals surface area contributed by atoms with Crippen molar-refractivity contribution in [1.29, 1.82) is 0 Å². The van der Waals surface area contributed by atoms with Crippen molar-refractivity contribution in [2.45, 2.75) is 26.8 Å². The molecule has 94 valence electrons. The fourth-order valence-electron chi connectivity index (χ4n) is 1.41. The van der Waals surface area contributed by atoms with Gasteiger partial charge >= 0.3 is 5.69 Å². The first-order valence-electron chi connectivity index (χ1n) is 5.34. The summed E-state index contributed by atoms with van der Waals surface area (Å²) in [4.78, 5) is 19.7. The summed E-state index contributed by atoms with van der Waals surface area (Å²) in [5.74, 6) is 0.632. The Balaban J connectivity index is 3.19. The molecule has 0 fully saturated rings. The molecule has 1 aromatic rings. The summed E-state index contributed by atoms with van der Waals surface area (Å²) < 4.78 is 0. The van der Waals surface area contributed by atoms with Crippen LogP contribution < -0.4 is 10.6 Å². The van der Waals surface area contributed by atoms with Crippen molar-refractivity contribution < 1.29 is 4.92 Å². The Kier molecular flexibility index (Phi) is 3.82. The monoisotopic (exact) mass is 239 g/mol. The zero-order chi connectivity index (χ0) is 13.2. The van der Waals surface area contributed by atoms with E-state index in [0.717, 1.165) is 6.20 Å². The van der Waals surface area contributed by atoms with E-state index in [0.29, 0.717) is 5.92 Å². The van der Waals surface area contributed by atoms with Crippen LogP contribution in [0.2, 0.25) is 0 Å². The lowest BCUT2D eigenvalue weighted by molar-refractivity contribution is -0.384. The molecule has 1 rings (SSSR count). The Hall–Kier alpha value is -1.92. The second-order valence-electron chi connectivity index (χ2n) is 4.29. The highest BCUT2D eigenvalue weighted by Crippen LogP contribution is 2.27. The molecule has 1 unspecified atom stereocenters. The number of rotatable bonds is 4. The van der Waals surface area contributed by atoms with Crippen LogP contribution in [-0.4, -0.2) is 28.0 Å². The van der Waals surface area contributed by atoms with E-state index in [2.05, 4.69) is 9.97 Å². The molecular formula is C10H17N5O2. The summed E-state index contributed by atoms with van der Waals surface area (Å²) in [5, 5.41) is 10.9. The Labute approximate surface area is 99.8 Å². The second-order valence-corrected chi connectivity index (χ2v) is 4.29. The molecule has 0 aliphatic carbocycles. The van der Waals surface area contributed by atoms with Gasteiger partial charge in [0.1, 0.15) is 6.20 Å². The van der Waals surface area contributed by atoms with Gasteiger partial charge < -0.3 is 10.6 Å². The Morgan fingerprint density at radius 2 is 2.06 bits per heavy atom. The average Bonchev–Trinajstić information content (AvgIpc) is 2.26. The van der Waals surface area contributed by atoms with Gasteiger partial charge in [-0.3, -0.25) is 10.1 Å². The summed E-state index contributed by atoms with van der Waals surface area (Å²) >= 11 is 0. The zero-order valence-corrected chi connectivity index (χ0v) is 10.4. The quantitative estimate of drug-likeness (QED) is 0.630. The van der Waals surface area contributed by atoms with Crippen molar-refractivity contribution >= 4 is 17.5 Å². The van der Waals surface area contributed by atoms with Crippen LogP contribution in [0.25, 0.3) is 0 Å². The van der Waals surface area contributed by atoms with E-state index in [-0.39, 0.29) is 23.5 Å². The summed E-state index contributed by atoms with van der Waals surface area (Å²) in [6, 6.07) is 0.114. The van der Waals surface area contributed by atoms with E-state index < -0.39 is 4.92 Å². The molecule has 0 radical (unpaired) electrons. The molecule has 1 atom stereocenters. The van der Waals surface area contributed by atoms with Gasteiger partial charge in [0.2, 0.25) is 11.8 Å². The van der Waals surface area contributed by atoms with Gasteiger partial charge in [-0.1, -0.05) is 13.8 Å². The molecule has 0 aromatic carbocycles. The predicted octanol–water partition coefficient (Wildman–Crippen LogP) is 1.45. The lowest BCUT2D eigenvalue weighted by Gasteiger charge is -2.28. The number of nitrogen functional groups attached to an aromatic ring is 1. The van der Waals surface area contributed by atoms with E-state index in [9.17, 15) is 10.1 Å². The van der Waals surface area contributed by atoms with Crippen molar-refractivity contribution in [2.75, 3.05) is 17.7 Å². The Morgan fingerprint density at radius 1 is 1.47 bits per heavy atom. The number of nitro groups is 1. The molecule has 1 heterocycles. The maximum Gasteiger partial charge on any atom is 0.329 e. The number of anilines is 2. The SMILES string of the molecule is CC(C)C(C)N(C)c1nc(N)ncc1[N+](=O)[O-]. The molecule has 0 saturated carbocycles. The first-order valence-corrected chi connectivity index (χ1v) is 5.34. The first-order chi connectivity index (χ1) is 7.84. The van der Waals surface area contributed by atoms with Crippen LogP contribution >= 0.6 is 0 Å². The maximum absolute atomic E-state index is 10.9. The van der Waals surface area contributed by atoms with Gasteiger partial charge in [0, 0.05) is 13.1 Å². The van der Waals surface area contributed by atoms with Gasteiger partial charge in [-0.15, -0.1) is 0 Å². The van der Waals surface area contributed by atoms with E-state index in [4.69, 9.17) is 5.73 Å². The molecule has 17 heavy (non-hydrogen) atoms. The molecule has 2 N–H and O–H groups in total. The summed E-state index contributed by atoms with van der Waals surface area (Å²) in [7, 11) is 1.76. The largest absolute Gasteiger partial charge is 0.368 e. The van der Waals surface area contributed by atoms with Gasteiger partial charge in [-0.2, -0.15) is 4.98 Å². The molecule has 7 heteroatoms. The normalized spacial score (nSPS) is 12.5. The van der Waals surface area contributed by atoms with Crippen molar-refractivity contribution in [2.24, 2.45) is 5.92 Å². The number of nitrogens with zero attached hydrogens (tertiary/aromatic N) is 4. The van der Waals surface area contributed by atoms with Crippen LogP contribution in [0, 0.1) is 16.0 Å². The lowest BCUT2D eigenvalue weighted by atomic mass is 10.1. The fraction of sp³-hybridized carbons (Fsp3) is 0.600. The highest BCUT2D eigenvalue weighted by Gasteiger charge is 2.24. The van der Waals surface area contributed by atoms with Crippen LogP contribution in [0.15, 0.2) is 6.20 Å². The fourth-order valence-corrected chi connectivity index (χ4v) is 1.41. The minimum atomic E-state index is -0.502. The lowest BCUT2D eigenvalue weighted by Crippen LogP contribution is -2.34. The van der Waals surface area contributed by atoms with Crippen LogP contribution in [0.1, 0.15) is 20.8 Å². The third-order valence-electron chi connectivity index (χ3n) is 2.88. The predicted molar refractivity (Wildman–Crippen MR) is 65.8 cm³/mol. The summed E-state index contributed by atoms with van der Waals surface area (Å²) in [5.41, 5.74) is 5.34. The van der Waals surface area contributed by atoms with Crippen molar-refractivity contribution in [3.63, 3.8) is 0 Å². The van der Waals surface area contributed by atoms with E-state index in [1.807, 2.05) is 20.8 Å². The minimum absolute atomic E-state index is 0.0356. The highest BCUT2D eigenvalue weighted by atomic mass is 16.6. The molecule has 0 aliphatic rings. The topological polar surface area (TPSA) is 98.2 Å². The molecule has 0 saturated heterocycles. The molecule has 0 amide bonds. The molecule has 0 bridgehead atoms. The van der Waals surface area contributed by atoms with E-state index >= 15 is 0 Å². The first kappa shape index (κ1) is 13.1. The minimum Gasteiger partial charge on any atom is -0.368 e. The number of nitrogens with two attached hydrogens (primary N) is 1. The molecule has 0 aliphatic heterocycles. The molecular weight excluding hydrogens is 222 g/mol. The molecule has 1 aromatic heterocycles. The van der Waals surface area contributed by atoms with Crippen molar-refractivity contribution in [1.82, 2.24) is 9.97 Å². The van der Waals surface area contributed by atoms with Crippen LogP contribution in [0.5, 0.6) is 0 Å². The van der Waals surface area contributed by atoms with Crippen molar-refractivity contribution in [3.05, 3.63) is 16.3 Å². The maximum atomic E-state index is 10.9. The van der Waals surface area contributed by atoms with Crippen LogP contribution in [0.3, 0.4) is 0 Å². The number of hydrogen-bond donors (Lipinski definition) is 1. The van der Waals surface area contributed by atoms with Gasteiger partial charge in [0.25, 0.3) is 0 Å². The Bertz CT molecular complexity index is 421. The third-order valence-corrected chi connectivity index (χ3v) is 2.88. The summed E-state index contributed by atoms with van der Waals surface area (Å²) in [6.45, 7) is 6.06. The smallest absolute Gasteiger partial charge is 0.329 e. The summed E-state index contributed by atoms with van der Waals surface area (Å²) in [6.07, 6.45) is 1.14. The average molecular weight is 239 g/mol.